The van der Waals surface area contributed by atoms with Crippen molar-refractivity contribution in [3.63, 3.8) is 0 Å². The number of terminal acetylenes is 1. The van der Waals surface area contributed by atoms with Crippen LogP contribution in [0, 0.1) is 25.1 Å². The molecule has 0 aliphatic carbocycles. The van der Waals surface area contributed by atoms with E-state index in [1.807, 2.05) is 44.2 Å². The van der Waals surface area contributed by atoms with Gasteiger partial charge in [0.1, 0.15) is 5.82 Å². The molecule has 1 N–H and O–H groups in total. The smallest absolute Gasteiger partial charge is 0.342 e. The fourth-order valence-electron chi connectivity index (χ4n) is 3.89. The molecule has 0 aliphatic heterocycles. The Balaban J connectivity index is 2.30. The Morgan fingerprint density at radius 3 is 2.34 bits per heavy atom. The molecule has 35 heavy (non-hydrogen) atoms. The van der Waals surface area contributed by atoms with E-state index in [4.69, 9.17) is 20.7 Å². The number of benzene rings is 2. The van der Waals surface area contributed by atoms with Crippen LogP contribution in [-0.2, 0) is 20.3 Å². The number of nitrogens with zero attached hydrogens (tertiary/aromatic N) is 1. The molecule has 8 heteroatoms. The zero-order valence-corrected chi connectivity index (χ0v) is 21.0. The number of pyridine rings is 1. The molecule has 2 aromatic carbocycles. The zero-order chi connectivity index (χ0) is 25.8. The lowest BCUT2D eigenvalue weighted by atomic mass is 9.94. The molecule has 3 aromatic rings. The third-order valence-corrected chi connectivity index (χ3v) is 7.64. The lowest BCUT2D eigenvalue weighted by Gasteiger charge is -2.28. The number of rotatable bonds is 8. The highest BCUT2D eigenvalue weighted by molar-refractivity contribution is 7.43. The molecule has 182 valence electrons. The average molecular weight is 495 g/mol. The number of aliphatic hydroxyl groups excluding tert-OH is 1. The predicted molar refractivity (Wildman–Crippen MR) is 134 cm³/mol. The van der Waals surface area contributed by atoms with Crippen molar-refractivity contribution in [1.29, 1.82) is 0 Å². The SMILES string of the molecule is C#CC(C(=O)Oc1c(CC)nc(-c2ccccc2)c(C)c1-c1ccc(F)cc1)(C(C)O)[PH](=O)OC. The monoisotopic (exact) mass is 495 g/mol. The first kappa shape index (κ1) is 26.3. The molecule has 0 bridgehead atoms. The Morgan fingerprint density at radius 2 is 1.83 bits per heavy atom. The average Bonchev–Trinajstić information content (AvgIpc) is 2.86. The topological polar surface area (TPSA) is 85.7 Å². The molecular formula is C27H27FNO5P. The lowest BCUT2D eigenvalue weighted by molar-refractivity contribution is -0.138. The third-order valence-electron chi connectivity index (χ3n) is 5.86. The second-order valence-corrected chi connectivity index (χ2v) is 9.74. The number of hydrogen-bond donors (Lipinski definition) is 1. The number of carbonyl (C=O) groups is 1. The summed E-state index contributed by atoms with van der Waals surface area (Å²) >= 11 is 0. The fourth-order valence-corrected chi connectivity index (χ4v) is 4.89. The van der Waals surface area contributed by atoms with Gasteiger partial charge in [-0.3, -0.25) is 4.57 Å². The van der Waals surface area contributed by atoms with Crippen molar-refractivity contribution in [3.8, 4) is 40.5 Å². The quantitative estimate of drug-likeness (QED) is 0.263. The Labute approximate surface area is 205 Å². The highest BCUT2D eigenvalue weighted by Crippen LogP contribution is 2.45. The minimum atomic E-state index is -3.24. The summed E-state index contributed by atoms with van der Waals surface area (Å²) < 4.78 is 37.1. The molecule has 3 rings (SSSR count). The minimum absolute atomic E-state index is 0.104. The van der Waals surface area contributed by atoms with Gasteiger partial charge in [-0.15, -0.1) is 6.42 Å². The van der Waals surface area contributed by atoms with E-state index in [1.165, 1.54) is 19.1 Å². The van der Waals surface area contributed by atoms with Crippen LogP contribution in [0.25, 0.3) is 22.4 Å². The molecule has 6 nitrogen and oxygen atoms in total. The number of esters is 1. The maximum atomic E-state index is 13.7. The summed E-state index contributed by atoms with van der Waals surface area (Å²) in [5, 5.41) is 8.15. The largest absolute Gasteiger partial charge is 0.422 e. The van der Waals surface area contributed by atoms with Crippen LogP contribution in [0.3, 0.4) is 0 Å². The molecule has 0 radical (unpaired) electrons. The van der Waals surface area contributed by atoms with Crippen molar-refractivity contribution in [2.75, 3.05) is 7.11 Å². The molecule has 0 saturated carbocycles. The molecule has 0 aliphatic rings. The molecule has 0 amide bonds. The van der Waals surface area contributed by atoms with Gasteiger partial charge in [-0.2, -0.15) is 0 Å². The highest BCUT2D eigenvalue weighted by atomic mass is 31.1. The van der Waals surface area contributed by atoms with E-state index in [0.29, 0.717) is 34.5 Å². The number of aliphatic hydroxyl groups is 1. The second kappa shape index (κ2) is 11.0. The summed E-state index contributed by atoms with van der Waals surface area (Å²) in [4.78, 5) is 18.2. The van der Waals surface area contributed by atoms with Crippen molar-refractivity contribution in [1.82, 2.24) is 4.98 Å². The van der Waals surface area contributed by atoms with E-state index in [2.05, 4.69) is 5.92 Å². The Hall–Kier alpha value is -3.30. The van der Waals surface area contributed by atoms with Crippen LogP contribution in [0.4, 0.5) is 4.39 Å². The number of ether oxygens (including phenoxy) is 1. The molecule has 0 fully saturated rings. The van der Waals surface area contributed by atoms with Gasteiger partial charge in [0.25, 0.3) is 0 Å². The number of aryl methyl sites for hydroxylation is 1. The van der Waals surface area contributed by atoms with Crippen LogP contribution < -0.4 is 4.74 Å². The van der Waals surface area contributed by atoms with Crippen LogP contribution in [0.5, 0.6) is 5.75 Å². The van der Waals surface area contributed by atoms with E-state index < -0.39 is 31.1 Å². The van der Waals surface area contributed by atoms with Crippen molar-refractivity contribution < 1.29 is 28.1 Å². The Bertz CT molecular complexity index is 1290. The van der Waals surface area contributed by atoms with Crippen LogP contribution in [-0.4, -0.2) is 34.4 Å². The summed E-state index contributed by atoms with van der Waals surface area (Å²) in [7, 11) is -2.09. The van der Waals surface area contributed by atoms with Gasteiger partial charge in [-0.05, 0) is 43.5 Å². The first-order chi connectivity index (χ1) is 16.7. The van der Waals surface area contributed by atoms with Crippen molar-refractivity contribution >= 4 is 14.0 Å². The maximum Gasteiger partial charge on any atom is 0.342 e. The van der Waals surface area contributed by atoms with Crippen LogP contribution in [0.15, 0.2) is 54.6 Å². The summed E-state index contributed by atoms with van der Waals surface area (Å²) in [6, 6.07) is 15.3. The molecular weight excluding hydrogens is 468 g/mol. The number of carbonyl (C=O) groups excluding carboxylic acids is 1. The van der Waals surface area contributed by atoms with E-state index in [1.54, 1.807) is 12.1 Å². The standard InChI is InChI=1S/C27H27FNO5P/c1-6-22-25(34-26(31)27(7-2,18(4)30)35(32)33-5)23(19-13-15-21(28)16-14-19)17(3)24(29-22)20-11-9-8-10-12-20/h2,8-16,18,30,35H,6H2,1,3-5H3. The van der Waals surface area contributed by atoms with Crippen LogP contribution >= 0.6 is 8.03 Å². The van der Waals surface area contributed by atoms with E-state index in [9.17, 15) is 18.9 Å². The van der Waals surface area contributed by atoms with Gasteiger partial charge >= 0.3 is 5.97 Å². The molecule has 3 unspecified atom stereocenters. The van der Waals surface area contributed by atoms with E-state index >= 15 is 0 Å². The summed E-state index contributed by atoms with van der Waals surface area (Å²) in [5.41, 5.74) is 3.75. The van der Waals surface area contributed by atoms with Crippen molar-refractivity contribution in [3.05, 3.63) is 71.7 Å². The van der Waals surface area contributed by atoms with Gasteiger partial charge in [-0.25, -0.2) is 14.2 Å². The lowest BCUT2D eigenvalue weighted by Crippen LogP contribution is -2.46. The molecule has 0 saturated heterocycles. The number of hydrogen-bond acceptors (Lipinski definition) is 6. The van der Waals surface area contributed by atoms with Gasteiger partial charge in [0.15, 0.2) is 5.75 Å². The second-order valence-electron chi connectivity index (χ2n) is 7.97. The van der Waals surface area contributed by atoms with Gasteiger partial charge in [-0.1, -0.05) is 55.3 Å². The summed E-state index contributed by atoms with van der Waals surface area (Å²) in [6.07, 6.45) is 4.46. The number of halogens is 1. The molecule has 1 heterocycles. The first-order valence-corrected chi connectivity index (χ1v) is 12.3. The third kappa shape index (κ3) is 4.92. The van der Waals surface area contributed by atoms with Crippen LogP contribution in [0.2, 0.25) is 0 Å². The highest BCUT2D eigenvalue weighted by Gasteiger charge is 2.50. The first-order valence-electron chi connectivity index (χ1n) is 11.0. The van der Waals surface area contributed by atoms with E-state index in [-0.39, 0.29) is 5.75 Å². The Kier molecular flexibility index (Phi) is 8.24. The predicted octanol–water partition coefficient (Wildman–Crippen LogP) is 5.20. The van der Waals surface area contributed by atoms with E-state index in [0.717, 1.165) is 12.7 Å². The molecule has 1 aromatic heterocycles. The van der Waals surface area contributed by atoms with Crippen LogP contribution in [0.1, 0.15) is 25.1 Å². The normalized spacial score (nSPS) is 14.4. The Morgan fingerprint density at radius 1 is 1.20 bits per heavy atom. The molecule has 0 spiro atoms. The summed E-state index contributed by atoms with van der Waals surface area (Å²) in [6.45, 7) is 4.93. The zero-order valence-electron chi connectivity index (χ0n) is 20.0. The van der Waals surface area contributed by atoms with Gasteiger partial charge in [0, 0.05) is 18.2 Å². The van der Waals surface area contributed by atoms with Gasteiger partial charge in [0.05, 0.1) is 17.5 Å². The maximum absolute atomic E-state index is 13.7. The van der Waals surface area contributed by atoms with Gasteiger partial charge in [0.2, 0.25) is 13.2 Å². The molecule has 3 atom stereocenters. The van der Waals surface area contributed by atoms with Crippen molar-refractivity contribution in [2.45, 2.75) is 38.5 Å². The summed E-state index contributed by atoms with van der Waals surface area (Å²) in [5.74, 6) is 0.750. The minimum Gasteiger partial charge on any atom is -0.422 e. The van der Waals surface area contributed by atoms with Crippen molar-refractivity contribution in [2.24, 2.45) is 0 Å². The fraction of sp³-hybridized carbons (Fsp3) is 0.259. The number of aromatic nitrogens is 1. The van der Waals surface area contributed by atoms with Gasteiger partial charge < -0.3 is 14.4 Å².